The zero-order valence-corrected chi connectivity index (χ0v) is 21.2. The molecular weight excluding hydrogens is 472 g/mol. The van der Waals surface area contributed by atoms with Crippen LogP contribution in [0.3, 0.4) is 0 Å². The van der Waals surface area contributed by atoms with Crippen LogP contribution in [0.1, 0.15) is 36.0 Å². The average Bonchev–Trinajstić information content (AvgIpc) is 3.56. The van der Waals surface area contributed by atoms with Gasteiger partial charge in [-0.05, 0) is 56.0 Å². The first-order chi connectivity index (χ1) is 18.0. The van der Waals surface area contributed by atoms with Crippen molar-refractivity contribution in [2.45, 2.75) is 37.3 Å². The molecule has 2 aromatic carbocycles. The number of methoxy groups -OCH3 is 1. The lowest BCUT2D eigenvalue weighted by atomic mass is 9.85. The van der Waals surface area contributed by atoms with Crippen LogP contribution in [-0.2, 0) is 14.3 Å². The van der Waals surface area contributed by atoms with E-state index in [4.69, 9.17) is 9.47 Å². The van der Waals surface area contributed by atoms with Gasteiger partial charge in [-0.15, -0.1) is 0 Å². The molecule has 0 aliphatic carbocycles. The molecule has 0 saturated carbocycles. The monoisotopic (exact) mass is 506 g/mol. The largest absolute Gasteiger partial charge is 0.497 e. The molecule has 1 atom stereocenters. The number of ether oxygens (including phenoxy) is 2. The Kier molecular flexibility index (Phi) is 7.32. The maximum Gasteiger partial charge on any atom is 0.253 e. The number of nitrogens with zero attached hydrogens (tertiary/aromatic N) is 3. The minimum Gasteiger partial charge on any atom is -0.497 e. The second-order valence-electron chi connectivity index (χ2n) is 9.90. The van der Waals surface area contributed by atoms with Crippen molar-refractivity contribution in [3.63, 3.8) is 0 Å². The topological polar surface area (TPSA) is 91.4 Å². The second kappa shape index (κ2) is 10.8. The standard InChI is InChI=1S/C28H34N4O5/c1-36-23-10-5-7-21(17-23)26(34)30-14-12-28(13-15-30)27(35)31(20-32(28)22-8-3-2-4-9-22)19-25(33)29-18-24-11-6-16-37-24/h2-5,7-10,17,24H,6,11-16,18-20H2,1H3,(H,29,33). The maximum absolute atomic E-state index is 13.9. The lowest BCUT2D eigenvalue weighted by Gasteiger charge is -2.43. The Morgan fingerprint density at radius 2 is 1.89 bits per heavy atom. The molecule has 0 radical (unpaired) electrons. The van der Waals surface area contributed by atoms with Gasteiger partial charge in [0, 0.05) is 37.5 Å². The Hall–Kier alpha value is -3.59. The first-order valence-electron chi connectivity index (χ1n) is 12.9. The van der Waals surface area contributed by atoms with Gasteiger partial charge in [0.05, 0.1) is 19.9 Å². The van der Waals surface area contributed by atoms with Crippen LogP contribution in [0.5, 0.6) is 5.75 Å². The Morgan fingerprint density at radius 1 is 1.11 bits per heavy atom. The minimum absolute atomic E-state index is 0.00307. The van der Waals surface area contributed by atoms with E-state index in [2.05, 4.69) is 10.2 Å². The van der Waals surface area contributed by atoms with Crippen molar-refractivity contribution in [3.8, 4) is 5.75 Å². The molecule has 3 fully saturated rings. The van der Waals surface area contributed by atoms with E-state index in [1.165, 1.54) is 0 Å². The van der Waals surface area contributed by atoms with Gasteiger partial charge in [0.15, 0.2) is 0 Å². The molecule has 5 rings (SSSR count). The maximum atomic E-state index is 13.9. The van der Waals surface area contributed by atoms with Crippen molar-refractivity contribution in [2.75, 3.05) is 51.5 Å². The molecule has 2 aromatic rings. The number of amides is 3. The highest BCUT2D eigenvalue weighted by Crippen LogP contribution is 2.39. The van der Waals surface area contributed by atoms with E-state index in [1.807, 2.05) is 36.4 Å². The van der Waals surface area contributed by atoms with Gasteiger partial charge >= 0.3 is 0 Å². The zero-order chi connectivity index (χ0) is 25.8. The summed E-state index contributed by atoms with van der Waals surface area (Å²) in [5.41, 5.74) is 0.713. The highest BCUT2D eigenvalue weighted by atomic mass is 16.5. The van der Waals surface area contributed by atoms with Crippen molar-refractivity contribution < 1.29 is 23.9 Å². The fourth-order valence-electron chi connectivity index (χ4n) is 5.60. The molecule has 3 amide bonds. The number of likely N-dealkylation sites (tertiary alicyclic amines) is 1. The SMILES string of the molecule is COc1cccc(C(=O)N2CCC3(CC2)C(=O)N(CC(=O)NCC2CCCO2)CN3c2ccccc2)c1. The Bertz CT molecular complexity index is 1130. The normalized spacial score (nSPS) is 20.9. The van der Waals surface area contributed by atoms with Crippen LogP contribution in [0.25, 0.3) is 0 Å². The summed E-state index contributed by atoms with van der Waals surface area (Å²) in [6.07, 6.45) is 2.99. The molecule has 3 saturated heterocycles. The van der Waals surface area contributed by atoms with Crippen LogP contribution in [0, 0.1) is 0 Å². The molecule has 1 unspecified atom stereocenters. The summed E-state index contributed by atoms with van der Waals surface area (Å²) >= 11 is 0. The summed E-state index contributed by atoms with van der Waals surface area (Å²) in [4.78, 5) is 45.3. The second-order valence-corrected chi connectivity index (χ2v) is 9.90. The number of nitrogens with one attached hydrogen (secondary N) is 1. The molecule has 1 N–H and O–H groups in total. The van der Waals surface area contributed by atoms with E-state index in [0.29, 0.717) is 50.5 Å². The third kappa shape index (κ3) is 5.13. The molecule has 1 spiro atoms. The van der Waals surface area contributed by atoms with Gasteiger partial charge in [0.25, 0.3) is 11.8 Å². The third-order valence-electron chi connectivity index (χ3n) is 7.66. The number of piperidine rings is 1. The van der Waals surface area contributed by atoms with Gasteiger partial charge in [-0.3, -0.25) is 14.4 Å². The van der Waals surface area contributed by atoms with Crippen LogP contribution in [0.4, 0.5) is 5.69 Å². The minimum atomic E-state index is -0.790. The molecule has 3 aliphatic heterocycles. The lowest BCUT2D eigenvalue weighted by Crippen LogP contribution is -2.57. The van der Waals surface area contributed by atoms with Crippen LogP contribution in [0.15, 0.2) is 54.6 Å². The number of rotatable bonds is 7. The summed E-state index contributed by atoms with van der Waals surface area (Å²) in [5.74, 6) is 0.321. The van der Waals surface area contributed by atoms with E-state index >= 15 is 0 Å². The summed E-state index contributed by atoms with van der Waals surface area (Å²) < 4.78 is 10.9. The summed E-state index contributed by atoms with van der Waals surface area (Å²) in [7, 11) is 1.58. The Balaban J connectivity index is 1.29. The van der Waals surface area contributed by atoms with Gasteiger partial charge in [-0.2, -0.15) is 0 Å². The number of benzene rings is 2. The number of hydrogen-bond acceptors (Lipinski definition) is 6. The van der Waals surface area contributed by atoms with Gasteiger partial charge in [-0.1, -0.05) is 24.3 Å². The molecule has 3 heterocycles. The van der Waals surface area contributed by atoms with E-state index in [0.717, 1.165) is 25.1 Å². The molecular formula is C28H34N4O5. The van der Waals surface area contributed by atoms with Crippen molar-refractivity contribution >= 4 is 23.4 Å². The Morgan fingerprint density at radius 3 is 2.59 bits per heavy atom. The van der Waals surface area contributed by atoms with Crippen LogP contribution >= 0.6 is 0 Å². The van der Waals surface area contributed by atoms with Gasteiger partial charge in [-0.25, -0.2) is 0 Å². The third-order valence-corrected chi connectivity index (χ3v) is 7.66. The molecule has 9 heteroatoms. The lowest BCUT2D eigenvalue weighted by molar-refractivity contribution is -0.137. The molecule has 37 heavy (non-hydrogen) atoms. The molecule has 0 bridgehead atoms. The zero-order valence-electron chi connectivity index (χ0n) is 21.2. The van der Waals surface area contributed by atoms with E-state index < -0.39 is 5.54 Å². The first kappa shape index (κ1) is 25.1. The average molecular weight is 507 g/mol. The molecule has 3 aliphatic rings. The van der Waals surface area contributed by atoms with Crippen molar-refractivity contribution in [1.82, 2.24) is 15.1 Å². The first-order valence-corrected chi connectivity index (χ1v) is 12.9. The van der Waals surface area contributed by atoms with Crippen molar-refractivity contribution in [3.05, 3.63) is 60.2 Å². The highest BCUT2D eigenvalue weighted by Gasteiger charge is 2.54. The molecule has 196 valence electrons. The highest BCUT2D eigenvalue weighted by molar-refractivity contribution is 5.97. The van der Waals surface area contributed by atoms with E-state index in [-0.39, 0.29) is 30.4 Å². The molecule has 0 aromatic heterocycles. The number of carbonyl (C=O) groups is 3. The van der Waals surface area contributed by atoms with Gasteiger partial charge in [0.1, 0.15) is 17.8 Å². The quantitative estimate of drug-likeness (QED) is 0.620. The van der Waals surface area contributed by atoms with E-state index in [9.17, 15) is 14.4 Å². The van der Waals surface area contributed by atoms with Crippen molar-refractivity contribution in [2.24, 2.45) is 0 Å². The predicted octanol–water partition coefficient (Wildman–Crippen LogP) is 2.27. The summed E-state index contributed by atoms with van der Waals surface area (Å²) in [6.45, 7) is 2.43. The smallest absolute Gasteiger partial charge is 0.253 e. The fraction of sp³-hybridized carbons (Fsp3) is 0.464. The Labute approximate surface area is 217 Å². The van der Waals surface area contributed by atoms with Gasteiger partial charge in [0.2, 0.25) is 5.91 Å². The van der Waals surface area contributed by atoms with Crippen LogP contribution in [-0.4, -0.2) is 85.7 Å². The number of para-hydroxylation sites is 1. The number of hydrogen-bond donors (Lipinski definition) is 1. The number of carbonyl (C=O) groups excluding carboxylic acids is 3. The molecule has 9 nitrogen and oxygen atoms in total. The number of anilines is 1. The van der Waals surface area contributed by atoms with Crippen LogP contribution < -0.4 is 15.0 Å². The summed E-state index contributed by atoms with van der Waals surface area (Å²) in [5, 5.41) is 2.93. The summed E-state index contributed by atoms with van der Waals surface area (Å²) in [6, 6.07) is 17.0. The van der Waals surface area contributed by atoms with E-state index in [1.54, 1.807) is 35.1 Å². The van der Waals surface area contributed by atoms with Crippen LogP contribution in [0.2, 0.25) is 0 Å². The van der Waals surface area contributed by atoms with Crippen molar-refractivity contribution in [1.29, 1.82) is 0 Å². The predicted molar refractivity (Wildman–Crippen MR) is 138 cm³/mol. The van der Waals surface area contributed by atoms with Gasteiger partial charge < -0.3 is 29.5 Å². The fourth-order valence-corrected chi connectivity index (χ4v) is 5.60.